The first kappa shape index (κ1) is 23.7. The largest absolute Gasteiger partial charge is 0.507 e. The van der Waals surface area contributed by atoms with Crippen molar-refractivity contribution in [3.05, 3.63) is 69.6 Å². The van der Waals surface area contributed by atoms with Crippen molar-refractivity contribution in [2.45, 2.75) is 39.5 Å². The first-order valence-electron chi connectivity index (χ1n) is 10.8. The summed E-state index contributed by atoms with van der Waals surface area (Å²) in [4.78, 5) is 49.9. The number of Topliss-reactive ketones (excluding diaryl/α,β-unsaturated/α-hetero) is 2. The Bertz CT molecular complexity index is 1400. The monoisotopic (exact) mass is 477 g/mol. The number of carbonyl (C=O) groups excluding carboxylic acids is 3. The Labute approximate surface area is 200 Å². The second-order valence-electron chi connectivity index (χ2n) is 8.78. The van der Waals surface area contributed by atoms with E-state index in [0.717, 1.165) is 6.08 Å². The number of nitrogens with one attached hydrogen (secondary N) is 1. The van der Waals surface area contributed by atoms with Crippen LogP contribution in [0.1, 0.15) is 47.8 Å². The maximum atomic E-state index is 13.8. The van der Waals surface area contributed by atoms with Gasteiger partial charge in [-0.25, -0.2) is 0 Å². The lowest BCUT2D eigenvalue weighted by atomic mass is 9.70. The lowest BCUT2D eigenvalue weighted by Gasteiger charge is -2.29. The number of phenolic OH excluding ortho intramolecular Hbond substituents is 2. The number of allylic oxidation sites excluding steroid dienone is 4. The summed E-state index contributed by atoms with van der Waals surface area (Å²) in [6.45, 7) is 5.69. The number of ether oxygens (including phenoxy) is 1. The molecule has 1 heterocycles. The topological polar surface area (TPSA) is 150 Å². The van der Waals surface area contributed by atoms with Crippen molar-refractivity contribution in [2.75, 3.05) is 5.32 Å². The molecule has 2 aromatic carbocycles. The van der Waals surface area contributed by atoms with Gasteiger partial charge in [0.05, 0.1) is 17.6 Å². The third kappa shape index (κ3) is 3.56. The second kappa shape index (κ2) is 8.12. The average molecular weight is 477 g/mol. The van der Waals surface area contributed by atoms with Gasteiger partial charge in [-0.05, 0) is 45.4 Å². The van der Waals surface area contributed by atoms with Crippen molar-refractivity contribution in [1.82, 2.24) is 0 Å². The van der Waals surface area contributed by atoms with Crippen molar-refractivity contribution < 1.29 is 39.2 Å². The minimum Gasteiger partial charge on any atom is -0.507 e. The number of carboxylic acid groups (broad SMARTS) is 1. The van der Waals surface area contributed by atoms with Crippen LogP contribution >= 0.6 is 0 Å². The molecule has 4 N–H and O–H groups in total. The first-order valence-corrected chi connectivity index (χ1v) is 10.8. The Kier molecular flexibility index (Phi) is 5.51. The number of hydrogen-bond acceptors (Lipinski definition) is 8. The van der Waals surface area contributed by atoms with E-state index in [-0.39, 0.29) is 45.9 Å². The Balaban J connectivity index is 1.81. The third-order valence-corrected chi connectivity index (χ3v) is 6.40. The van der Waals surface area contributed by atoms with Gasteiger partial charge < -0.3 is 25.4 Å². The van der Waals surface area contributed by atoms with Crippen LogP contribution in [0.25, 0.3) is 0 Å². The van der Waals surface area contributed by atoms with Gasteiger partial charge in [-0.2, -0.15) is 0 Å². The van der Waals surface area contributed by atoms with E-state index in [2.05, 4.69) is 5.32 Å². The number of aromatic hydroxyl groups is 2. The van der Waals surface area contributed by atoms with E-state index in [1.165, 1.54) is 20.8 Å². The summed E-state index contributed by atoms with van der Waals surface area (Å²) in [6, 6.07) is 6.51. The number of phenols is 2. The first-order chi connectivity index (χ1) is 16.4. The van der Waals surface area contributed by atoms with Crippen molar-refractivity contribution in [3.8, 4) is 17.2 Å². The van der Waals surface area contributed by atoms with Gasteiger partial charge in [0, 0.05) is 23.0 Å². The number of ketones is 3. The minimum absolute atomic E-state index is 0.0186. The quantitative estimate of drug-likeness (QED) is 0.289. The fraction of sp³-hybridized carbons (Fsp3) is 0.231. The Morgan fingerprint density at radius 1 is 1.06 bits per heavy atom. The van der Waals surface area contributed by atoms with Crippen LogP contribution in [0.2, 0.25) is 0 Å². The summed E-state index contributed by atoms with van der Waals surface area (Å²) < 4.78 is 5.74. The molecule has 35 heavy (non-hydrogen) atoms. The van der Waals surface area contributed by atoms with Crippen LogP contribution in [0.15, 0.2) is 47.4 Å². The molecule has 2 aromatic rings. The molecule has 4 rings (SSSR count). The van der Waals surface area contributed by atoms with Crippen LogP contribution in [-0.2, 0) is 26.2 Å². The van der Waals surface area contributed by atoms with Gasteiger partial charge in [0.1, 0.15) is 34.0 Å². The van der Waals surface area contributed by atoms with E-state index >= 15 is 0 Å². The Morgan fingerprint density at radius 2 is 1.69 bits per heavy atom. The summed E-state index contributed by atoms with van der Waals surface area (Å²) in [5.41, 5.74) is -0.511. The number of hydrogen-bond donors (Lipinski definition) is 4. The van der Waals surface area contributed by atoms with Crippen LogP contribution < -0.4 is 10.1 Å². The fourth-order valence-corrected chi connectivity index (χ4v) is 4.52. The number of carbonyl (C=O) groups is 4. The molecule has 1 aliphatic heterocycles. The van der Waals surface area contributed by atoms with E-state index in [4.69, 9.17) is 9.84 Å². The van der Waals surface area contributed by atoms with Crippen molar-refractivity contribution >= 4 is 29.0 Å². The molecular weight excluding hydrogens is 454 g/mol. The summed E-state index contributed by atoms with van der Waals surface area (Å²) in [6.07, 6.45) is 1.01. The minimum atomic E-state index is -1.60. The zero-order valence-electron chi connectivity index (χ0n) is 19.5. The lowest BCUT2D eigenvalue weighted by molar-refractivity contribution is -0.136. The molecule has 9 nitrogen and oxygen atoms in total. The van der Waals surface area contributed by atoms with Crippen LogP contribution in [0, 0.1) is 6.92 Å². The van der Waals surface area contributed by atoms with E-state index in [1.54, 1.807) is 31.2 Å². The molecular formula is C26H23NO8. The lowest BCUT2D eigenvalue weighted by Crippen LogP contribution is -2.40. The van der Waals surface area contributed by atoms with Crippen molar-refractivity contribution in [2.24, 2.45) is 0 Å². The van der Waals surface area contributed by atoms with Crippen LogP contribution in [0.3, 0.4) is 0 Å². The van der Waals surface area contributed by atoms with Gasteiger partial charge in [0.2, 0.25) is 0 Å². The van der Waals surface area contributed by atoms with Gasteiger partial charge in [-0.15, -0.1) is 0 Å². The van der Waals surface area contributed by atoms with Crippen molar-refractivity contribution in [3.63, 3.8) is 0 Å². The standard InChI is InChI=1S/C26H23NO8/c1-11-22(32)20(13(3)28)24-21(23(11)33)26(4)17(35-24)10-16(29)19(25(26)34)12(2)27-15-7-5-14(6-8-15)9-18(30)31/h5-8,10,27,32-33H,9H2,1-4H3,(H,30,31)/b19-12+/t26-/m0/s1. The molecule has 2 aliphatic rings. The Morgan fingerprint density at radius 3 is 2.26 bits per heavy atom. The molecule has 180 valence electrons. The van der Waals surface area contributed by atoms with E-state index in [1.807, 2.05) is 0 Å². The highest BCUT2D eigenvalue weighted by atomic mass is 16.5. The van der Waals surface area contributed by atoms with Gasteiger partial charge in [0.15, 0.2) is 17.3 Å². The summed E-state index contributed by atoms with van der Waals surface area (Å²) in [5, 5.41) is 33.2. The highest BCUT2D eigenvalue weighted by Crippen LogP contribution is 2.57. The molecule has 0 saturated carbocycles. The van der Waals surface area contributed by atoms with Crippen LogP contribution in [0.4, 0.5) is 5.69 Å². The zero-order chi connectivity index (χ0) is 25.8. The number of anilines is 1. The average Bonchev–Trinajstić information content (AvgIpc) is 3.06. The number of fused-ring (bicyclic) bond motifs is 3. The molecule has 0 unspecified atom stereocenters. The molecule has 1 atom stereocenters. The van der Waals surface area contributed by atoms with Gasteiger partial charge in [-0.1, -0.05) is 12.1 Å². The fourth-order valence-electron chi connectivity index (χ4n) is 4.52. The van der Waals surface area contributed by atoms with Gasteiger partial charge in [0.25, 0.3) is 0 Å². The van der Waals surface area contributed by atoms with Gasteiger partial charge >= 0.3 is 5.97 Å². The molecule has 0 aromatic heterocycles. The molecule has 9 heteroatoms. The predicted molar refractivity (Wildman–Crippen MR) is 125 cm³/mol. The summed E-state index contributed by atoms with van der Waals surface area (Å²) >= 11 is 0. The highest BCUT2D eigenvalue weighted by molar-refractivity contribution is 6.31. The number of aliphatic carboxylic acids is 1. The summed E-state index contributed by atoms with van der Waals surface area (Å²) in [5.74, 6) is -3.77. The molecule has 0 fully saturated rings. The molecule has 0 bridgehead atoms. The number of carboxylic acids is 1. The Hall–Kier alpha value is -4.40. The highest BCUT2D eigenvalue weighted by Gasteiger charge is 2.56. The smallest absolute Gasteiger partial charge is 0.307 e. The zero-order valence-corrected chi connectivity index (χ0v) is 19.5. The predicted octanol–water partition coefficient (Wildman–Crippen LogP) is 3.31. The molecule has 0 amide bonds. The van der Waals surface area contributed by atoms with Gasteiger partial charge in [-0.3, -0.25) is 19.2 Å². The van der Waals surface area contributed by atoms with E-state index in [9.17, 15) is 29.4 Å². The van der Waals surface area contributed by atoms with Crippen molar-refractivity contribution in [1.29, 1.82) is 0 Å². The molecule has 1 aliphatic carbocycles. The van der Waals surface area contributed by atoms with E-state index in [0.29, 0.717) is 11.3 Å². The molecule has 0 saturated heterocycles. The van der Waals surface area contributed by atoms with E-state index < -0.39 is 40.2 Å². The third-order valence-electron chi connectivity index (χ3n) is 6.40. The van der Waals surface area contributed by atoms with Crippen LogP contribution in [-0.4, -0.2) is 38.6 Å². The SMILES string of the molecule is CC(=O)c1c(O)c(C)c(O)c2c1OC1=CC(=O)/C(=C(/C)Nc3ccc(CC(=O)O)cc3)C(=O)[C@@]12C. The molecule has 0 spiro atoms. The molecule has 0 radical (unpaired) electrons. The summed E-state index contributed by atoms with van der Waals surface area (Å²) in [7, 11) is 0. The number of rotatable bonds is 5. The second-order valence-corrected chi connectivity index (χ2v) is 8.78. The normalized spacial score (nSPS) is 19.9. The van der Waals surface area contributed by atoms with Crippen LogP contribution in [0.5, 0.6) is 17.2 Å². The maximum Gasteiger partial charge on any atom is 0.307 e. The number of benzene rings is 2. The maximum absolute atomic E-state index is 13.8.